The quantitative estimate of drug-likeness (QED) is 0.726. The molecule has 1 N–H and O–H groups in total. The standard InChI is InChI=1S/C10H20N2O2/c1-7(2)10(4,11-8(3)13)9(14)12(5)6/h7H,1-6H3,(H,11,13)/t10-/m0/s1. The van der Waals surface area contributed by atoms with Crippen molar-refractivity contribution >= 4 is 11.8 Å². The first kappa shape index (κ1) is 12.9. The van der Waals surface area contributed by atoms with Crippen molar-refractivity contribution in [1.29, 1.82) is 0 Å². The zero-order chi connectivity index (χ0) is 11.5. The number of amides is 2. The lowest BCUT2D eigenvalue weighted by molar-refractivity contribution is -0.140. The largest absolute Gasteiger partial charge is 0.347 e. The van der Waals surface area contributed by atoms with Crippen LogP contribution in [0, 0.1) is 5.92 Å². The van der Waals surface area contributed by atoms with Gasteiger partial charge in [-0.2, -0.15) is 0 Å². The molecule has 0 bridgehead atoms. The van der Waals surface area contributed by atoms with E-state index in [2.05, 4.69) is 5.32 Å². The van der Waals surface area contributed by atoms with E-state index in [1.807, 2.05) is 13.8 Å². The van der Waals surface area contributed by atoms with E-state index in [9.17, 15) is 9.59 Å². The average molecular weight is 200 g/mol. The maximum Gasteiger partial charge on any atom is 0.247 e. The first-order chi connectivity index (χ1) is 6.21. The molecule has 14 heavy (non-hydrogen) atoms. The molecule has 0 fully saturated rings. The van der Waals surface area contributed by atoms with Crippen molar-refractivity contribution in [1.82, 2.24) is 10.2 Å². The van der Waals surface area contributed by atoms with Crippen LogP contribution in [0.1, 0.15) is 27.7 Å². The SMILES string of the molecule is CC(=O)N[C@](C)(C(=O)N(C)C)C(C)C. The van der Waals surface area contributed by atoms with E-state index in [4.69, 9.17) is 0 Å². The third kappa shape index (κ3) is 2.72. The van der Waals surface area contributed by atoms with Crippen molar-refractivity contribution in [3.63, 3.8) is 0 Å². The first-order valence-corrected chi connectivity index (χ1v) is 4.72. The number of hydrogen-bond acceptors (Lipinski definition) is 2. The van der Waals surface area contributed by atoms with Gasteiger partial charge in [-0.25, -0.2) is 0 Å². The van der Waals surface area contributed by atoms with Crippen LogP contribution in [0.5, 0.6) is 0 Å². The summed E-state index contributed by atoms with van der Waals surface area (Å²) in [5, 5.41) is 2.71. The van der Waals surface area contributed by atoms with Crippen LogP contribution in [-0.2, 0) is 9.59 Å². The summed E-state index contributed by atoms with van der Waals surface area (Å²) in [6.45, 7) is 7.00. The molecule has 82 valence electrons. The van der Waals surface area contributed by atoms with Gasteiger partial charge < -0.3 is 10.2 Å². The summed E-state index contributed by atoms with van der Waals surface area (Å²) in [5.74, 6) is -0.208. The Balaban J connectivity index is 4.90. The van der Waals surface area contributed by atoms with Crippen LogP contribution in [0.4, 0.5) is 0 Å². The Morgan fingerprint density at radius 3 is 1.93 bits per heavy atom. The van der Waals surface area contributed by atoms with E-state index in [0.717, 1.165) is 0 Å². The topological polar surface area (TPSA) is 49.4 Å². The third-order valence-electron chi connectivity index (χ3n) is 2.44. The Bertz CT molecular complexity index is 236. The van der Waals surface area contributed by atoms with Crippen LogP contribution in [0.25, 0.3) is 0 Å². The van der Waals surface area contributed by atoms with Crippen LogP contribution >= 0.6 is 0 Å². The van der Waals surface area contributed by atoms with Gasteiger partial charge in [0.2, 0.25) is 11.8 Å². The van der Waals surface area contributed by atoms with Crippen LogP contribution < -0.4 is 5.32 Å². The van der Waals surface area contributed by atoms with E-state index >= 15 is 0 Å². The predicted molar refractivity (Wildman–Crippen MR) is 55.8 cm³/mol. The monoisotopic (exact) mass is 200 g/mol. The minimum absolute atomic E-state index is 0.0568. The highest BCUT2D eigenvalue weighted by Crippen LogP contribution is 2.18. The zero-order valence-electron chi connectivity index (χ0n) is 9.84. The van der Waals surface area contributed by atoms with Gasteiger partial charge in [0, 0.05) is 21.0 Å². The fourth-order valence-corrected chi connectivity index (χ4v) is 1.27. The average Bonchev–Trinajstić information content (AvgIpc) is 2.00. The van der Waals surface area contributed by atoms with Crippen molar-refractivity contribution < 1.29 is 9.59 Å². The van der Waals surface area contributed by atoms with Gasteiger partial charge >= 0.3 is 0 Å². The number of hydrogen-bond donors (Lipinski definition) is 1. The molecule has 0 aliphatic heterocycles. The molecule has 0 saturated heterocycles. The normalized spacial score (nSPS) is 14.8. The van der Waals surface area contributed by atoms with Crippen molar-refractivity contribution in [2.75, 3.05) is 14.1 Å². The van der Waals surface area contributed by atoms with Crippen molar-refractivity contribution in [2.24, 2.45) is 5.92 Å². The molecule has 0 spiro atoms. The van der Waals surface area contributed by atoms with Crippen LogP contribution in [0.2, 0.25) is 0 Å². The van der Waals surface area contributed by atoms with Crippen molar-refractivity contribution in [3.05, 3.63) is 0 Å². The summed E-state index contributed by atoms with van der Waals surface area (Å²) < 4.78 is 0. The molecule has 0 unspecified atom stereocenters. The molecule has 0 aromatic heterocycles. The molecule has 2 amide bonds. The Kier molecular flexibility index (Phi) is 4.10. The number of rotatable bonds is 3. The highest BCUT2D eigenvalue weighted by molar-refractivity contribution is 5.90. The second kappa shape index (κ2) is 4.44. The van der Waals surface area contributed by atoms with Gasteiger partial charge in [-0.3, -0.25) is 9.59 Å². The lowest BCUT2D eigenvalue weighted by Gasteiger charge is -2.35. The highest BCUT2D eigenvalue weighted by Gasteiger charge is 2.38. The molecule has 0 aliphatic carbocycles. The number of carbonyl (C=O) groups excluding carboxylic acids is 2. The van der Waals surface area contributed by atoms with E-state index in [1.54, 1.807) is 21.0 Å². The minimum Gasteiger partial charge on any atom is -0.347 e. The van der Waals surface area contributed by atoms with E-state index in [0.29, 0.717) is 0 Å². The molecule has 1 atom stereocenters. The molecule has 0 saturated carbocycles. The molecular weight excluding hydrogens is 180 g/mol. The summed E-state index contributed by atoms with van der Waals surface area (Å²) >= 11 is 0. The van der Waals surface area contributed by atoms with Gasteiger partial charge in [-0.1, -0.05) is 13.8 Å². The van der Waals surface area contributed by atoms with Gasteiger partial charge in [0.05, 0.1) is 0 Å². The molecule has 4 heteroatoms. The summed E-state index contributed by atoms with van der Waals surface area (Å²) in [6.07, 6.45) is 0. The van der Waals surface area contributed by atoms with Gasteiger partial charge in [0.15, 0.2) is 0 Å². The summed E-state index contributed by atoms with van der Waals surface area (Å²) in [6, 6.07) is 0. The Labute approximate surface area is 85.7 Å². The van der Waals surface area contributed by atoms with Gasteiger partial charge in [-0.05, 0) is 12.8 Å². The molecule has 0 heterocycles. The third-order valence-corrected chi connectivity index (χ3v) is 2.44. The smallest absolute Gasteiger partial charge is 0.247 e. The fourth-order valence-electron chi connectivity index (χ4n) is 1.27. The highest BCUT2D eigenvalue weighted by atomic mass is 16.2. The Morgan fingerprint density at radius 2 is 1.71 bits per heavy atom. The van der Waals surface area contributed by atoms with Gasteiger partial charge in [0.25, 0.3) is 0 Å². The Hall–Kier alpha value is -1.06. The molecule has 0 aliphatic rings. The summed E-state index contributed by atoms with van der Waals surface area (Å²) in [7, 11) is 3.37. The molecule has 4 nitrogen and oxygen atoms in total. The number of likely N-dealkylation sites (N-methyl/N-ethyl adjacent to an activating group) is 1. The fraction of sp³-hybridized carbons (Fsp3) is 0.800. The second-order valence-corrected chi connectivity index (χ2v) is 4.24. The summed E-state index contributed by atoms with van der Waals surface area (Å²) in [5.41, 5.74) is -0.810. The van der Waals surface area contributed by atoms with E-state index < -0.39 is 5.54 Å². The number of nitrogens with one attached hydrogen (secondary N) is 1. The number of carbonyl (C=O) groups is 2. The lowest BCUT2D eigenvalue weighted by atomic mass is 9.87. The maximum absolute atomic E-state index is 11.9. The van der Waals surface area contributed by atoms with Gasteiger partial charge in [-0.15, -0.1) is 0 Å². The molecule has 0 aromatic carbocycles. The molecular formula is C10H20N2O2. The van der Waals surface area contributed by atoms with Crippen LogP contribution in [0.3, 0.4) is 0 Å². The zero-order valence-corrected chi connectivity index (χ0v) is 9.84. The summed E-state index contributed by atoms with van der Waals surface area (Å²) in [4.78, 5) is 24.4. The minimum atomic E-state index is -0.810. The second-order valence-electron chi connectivity index (χ2n) is 4.24. The molecule has 0 rings (SSSR count). The van der Waals surface area contributed by atoms with Crippen molar-refractivity contribution in [3.8, 4) is 0 Å². The van der Waals surface area contributed by atoms with Crippen LogP contribution in [-0.4, -0.2) is 36.3 Å². The van der Waals surface area contributed by atoms with E-state index in [1.165, 1.54) is 11.8 Å². The molecule has 0 radical (unpaired) electrons. The predicted octanol–water partition coefficient (Wildman–Crippen LogP) is 0.625. The number of nitrogens with zero attached hydrogens (tertiary/aromatic N) is 1. The Morgan fingerprint density at radius 1 is 1.29 bits per heavy atom. The lowest BCUT2D eigenvalue weighted by Crippen LogP contribution is -2.59. The van der Waals surface area contributed by atoms with Gasteiger partial charge in [0.1, 0.15) is 5.54 Å². The van der Waals surface area contributed by atoms with Crippen molar-refractivity contribution in [2.45, 2.75) is 33.2 Å². The van der Waals surface area contributed by atoms with E-state index in [-0.39, 0.29) is 17.7 Å². The maximum atomic E-state index is 11.9. The van der Waals surface area contributed by atoms with Crippen LogP contribution in [0.15, 0.2) is 0 Å². The first-order valence-electron chi connectivity index (χ1n) is 4.72. The molecule has 0 aromatic rings.